The highest BCUT2D eigenvalue weighted by Crippen LogP contribution is 2.29. The fourth-order valence-corrected chi connectivity index (χ4v) is 3.68. The number of hydrogen-bond acceptors (Lipinski definition) is 5. The van der Waals surface area contributed by atoms with Gasteiger partial charge in [-0.25, -0.2) is 4.98 Å². The van der Waals surface area contributed by atoms with Crippen LogP contribution in [-0.4, -0.2) is 47.3 Å². The molecule has 0 aliphatic carbocycles. The van der Waals surface area contributed by atoms with Crippen LogP contribution in [0.15, 0.2) is 52.9 Å². The molecule has 4 rings (SSSR count). The van der Waals surface area contributed by atoms with Gasteiger partial charge in [-0.05, 0) is 62.7 Å². The number of hydrogen-bond donors (Lipinski definition) is 1. The average Bonchev–Trinajstić information content (AvgIpc) is 3.11. The maximum atomic E-state index is 10.3. The molecule has 5 nitrogen and oxygen atoms in total. The minimum Gasteiger partial charge on any atom is -0.491 e. The van der Waals surface area contributed by atoms with Crippen LogP contribution >= 0.6 is 0 Å². The highest BCUT2D eigenvalue weighted by atomic mass is 16.5. The van der Waals surface area contributed by atoms with Crippen molar-refractivity contribution in [1.82, 2.24) is 9.88 Å². The number of aromatic nitrogens is 1. The van der Waals surface area contributed by atoms with Gasteiger partial charge in [0.15, 0.2) is 11.5 Å². The smallest absolute Gasteiger partial charge is 0.198 e. The average molecular weight is 366 g/mol. The summed E-state index contributed by atoms with van der Waals surface area (Å²) in [5.74, 6) is 2.01. The number of rotatable bonds is 6. The zero-order valence-corrected chi connectivity index (χ0v) is 15.7. The monoisotopic (exact) mass is 366 g/mol. The molecule has 2 heterocycles. The van der Waals surface area contributed by atoms with Crippen LogP contribution in [0.2, 0.25) is 0 Å². The van der Waals surface area contributed by atoms with E-state index < -0.39 is 6.10 Å². The van der Waals surface area contributed by atoms with Gasteiger partial charge in [0.2, 0.25) is 0 Å². The number of oxazole rings is 1. The van der Waals surface area contributed by atoms with Crippen LogP contribution in [0.4, 0.5) is 0 Å². The molecule has 1 aliphatic heterocycles. The topological polar surface area (TPSA) is 58.7 Å². The third kappa shape index (κ3) is 4.49. The van der Waals surface area contributed by atoms with Crippen molar-refractivity contribution < 1.29 is 14.3 Å². The van der Waals surface area contributed by atoms with Crippen molar-refractivity contribution in [3.8, 4) is 5.75 Å². The van der Waals surface area contributed by atoms with Crippen LogP contribution in [0.3, 0.4) is 0 Å². The van der Waals surface area contributed by atoms with E-state index in [-0.39, 0.29) is 0 Å². The van der Waals surface area contributed by atoms with Gasteiger partial charge < -0.3 is 19.2 Å². The molecule has 0 amide bonds. The Hall–Kier alpha value is -2.37. The van der Waals surface area contributed by atoms with E-state index in [1.165, 1.54) is 0 Å². The summed E-state index contributed by atoms with van der Waals surface area (Å²) in [5, 5.41) is 10.3. The Morgan fingerprint density at radius 3 is 2.78 bits per heavy atom. The standard InChI is InChI=1S/C22H26N2O3/c1-16-5-4-6-19(13-16)26-15-18(25)14-24-11-9-17(10-12-24)22-23-20-7-2-3-8-21(20)27-22/h2-8,13,17-18,25H,9-12,14-15H2,1H3. The number of ether oxygens (including phenoxy) is 1. The molecule has 0 saturated carbocycles. The maximum Gasteiger partial charge on any atom is 0.198 e. The molecule has 1 aromatic heterocycles. The van der Waals surface area contributed by atoms with Crippen LogP contribution in [0.5, 0.6) is 5.75 Å². The molecule has 0 radical (unpaired) electrons. The van der Waals surface area contributed by atoms with Crippen molar-refractivity contribution in [3.63, 3.8) is 0 Å². The van der Waals surface area contributed by atoms with E-state index in [4.69, 9.17) is 9.15 Å². The summed E-state index contributed by atoms with van der Waals surface area (Å²) >= 11 is 0. The number of β-amino-alcohol motifs (C(OH)–C–C–N with tert-alkyl or cyclic N) is 1. The fraction of sp³-hybridized carbons (Fsp3) is 0.409. The Morgan fingerprint density at radius 2 is 2.00 bits per heavy atom. The highest BCUT2D eigenvalue weighted by Gasteiger charge is 2.25. The molecule has 5 heteroatoms. The number of fused-ring (bicyclic) bond motifs is 1. The minimum absolute atomic E-state index is 0.314. The van der Waals surface area contributed by atoms with Crippen molar-refractivity contribution in [2.75, 3.05) is 26.2 Å². The molecule has 1 unspecified atom stereocenters. The molecule has 1 saturated heterocycles. The number of aliphatic hydroxyl groups is 1. The first-order valence-electron chi connectivity index (χ1n) is 9.63. The maximum absolute atomic E-state index is 10.3. The van der Waals surface area contributed by atoms with E-state index in [0.717, 1.165) is 54.2 Å². The predicted molar refractivity (Wildman–Crippen MR) is 105 cm³/mol. The normalized spacial score (nSPS) is 17.3. The lowest BCUT2D eigenvalue weighted by Gasteiger charge is -2.31. The molecule has 1 atom stereocenters. The largest absolute Gasteiger partial charge is 0.491 e. The number of aliphatic hydroxyl groups excluding tert-OH is 1. The van der Waals surface area contributed by atoms with Crippen molar-refractivity contribution >= 4 is 11.1 Å². The summed E-state index contributed by atoms with van der Waals surface area (Å²) in [7, 11) is 0. The summed E-state index contributed by atoms with van der Waals surface area (Å²) in [5.41, 5.74) is 2.94. The zero-order chi connectivity index (χ0) is 18.6. The second kappa shape index (κ2) is 8.11. The lowest BCUT2D eigenvalue weighted by molar-refractivity contribution is 0.0583. The summed E-state index contributed by atoms with van der Waals surface area (Å²) < 4.78 is 11.6. The number of aryl methyl sites for hydroxylation is 1. The van der Waals surface area contributed by atoms with Crippen LogP contribution in [0.25, 0.3) is 11.1 Å². The van der Waals surface area contributed by atoms with Gasteiger partial charge >= 0.3 is 0 Å². The summed E-state index contributed by atoms with van der Waals surface area (Å²) in [6, 6.07) is 15.8. The molecule has 1 aliphatic rings. The van der Waals surface area contributed by atoms with Gasteiger partial charge in [0, 0.05) is 12.5 Å². The lowest BCUT2D eigenvalue weighted by Crippen LogP contribution is -2.40. The van der Waals surface area contributed by atoms with Gasteiger partial charge in [-0.1, -0.05) is 24.3 Å². The summed E-state index contributed by atoms with van der Waals surface area (Å²) in [6.07, 6.45) is 1.50. The Kier molecular flexibility index (Phi) is 5.41. The second-order valence-corrected chi connectivity index (χ2v) is 7.38. The van der Waals surface area contributed by atoms with Crippen molar-refractivity contribution in [2.45, 2.75) is 31.8 Å². The van der Waals surface area contributed by atoms with E-state index in [1.807, 2.05) is 55.5 Å². The summed E-state index contributed by atoms with van der Waals surface area (Å²) in [6.45, 7) is 4.85. The lowest BCUT2D eigenvalue weighted by atomic mass is 9.96. The predicted octanol–water partition coefficient (Wildman–Crippen LogP) is 3.76. The molecule has 142 valence electrons. The molecule has 1 N–H and O–H groups in total. The number of likely N-dealkylation sites (tertiary alicyclic amines) is 1. The second-order valence-electron chi connectivity index (χ2n) is 7.38. The molecule has 2 aromatic carbocycles. The first kappa shape index (κ1) is 18.0. The van der Waals surface area contributed by atoms with Gasteiger partial charge in [-0.15, -0.1) is 0 Å². The number of piperidine rings is 1. The molecular weight excluding hydrogens is 340 g/mol. The molecule has 1 fully saturated rings. The van der Waals surface area contributed by atoms with Crippen molar-refractivity contribution in [1.29, 1.82) is 0 Å². The third-order valence-electron chi connectivity index (χ3n) is 5.15. The van der Waals surface area contributed by atoms with E-state index >= 15 is 0 Å². The number of para-hydroxylation sites is 2. The first-order chi connectivity index (χ1) is 13.2. The van der Waals surface area contributed by atoms with Gasteiger partial charge in [-0.3, -0.25) is 0 Å². The Balaban J connectivity index is 1.25. The molecule has 0 spiro atoms. The van der Waals surface area contributed by atoms with E-state index in [1.54, 1.807) is 0 Å². The number of nitrogens with zero attached hydrogens (tertiary/aromatic N) is 2. The Morgan fingerprint density at radius 1 is 1.19 bits per heavy atom. The van der Waals surface area contributed by atoms with E-state index in [2.05, 4.69) is 9.88 Å². The molecule has 0 bridgehead atoms. The molecular formula is C22H26N2O3. The molecule has 27 heavy (non-hydrogen) atoms. The van der Waals surface area contributed by atoms with E-state index in [0.29, 0.717) is 19.1 Å². The van der Waals surface area contributed by atoms with Gasteiger partial charge in [0.1, 0.15) is 24.0 Å². The summed E-state index contributed by atoms with van der Waals surface area (Å²) in [4.78, 5) is 6.93. The Labute approximate surface area is 159 Å². The highest BCUT2D eigenvalue weighted by molar-refractivity contribution is 5.72. The van der Waals surface area contributed by atoms with Crippen LogP contribution in [0, 0.1) is 6.92 Å². The third-order valence-corrected chi connectivity index (χ3v) is 5.15. The van der Waals surface area contributed by atoms with Crippen molar-refractivity contribution in [3.05, 3.63) is 60.0 Å². The van der Waals surface area contributed by atoms with E-state index in [9.17, 15) is 5.11 Å². The van der Waals surface area contributed by atoms with Crippen LogP contribution < -0.4 is 4.74 Å². The van der Waals surface area contributed by atoms with Gasteiger partial charge in [-0.2, -0.15) is 0 Å². The fourth-order valence-electron chi connectivity index (χ4n) is 3.68. The quantitative estimate of drug-likeness (QED) is 0.720. The first-order valence-corrected chi connectivity index (χ1v) is 9.63. The van der Waals surface area contributed by atoms with Crippen LogP contribution in [-0.2, 0) is 0 Å². The SMILES string of the molecule is Cc1cccc(OCC(O)CN2CCC(c3nc4ccccc4o3)CC2)c1. The van der Waals surface area contributed by atoms with Gasteiger partial charge in [0.05, 0.1) is 0 Å². The van der Waals surface area contributed by atoms with Crippen molar-refractivity contribution in [2.24, 2.45) is 0 Å². The minimum atomic E-state index is -0.494. The molecule has 3 aromatic rings. The van der Waals surface area contributed by atoms with Gasteiger partial charge in [0.25, 0.3) is 0 Å². The van der Waals surface area contributed by atoms with Crippen LogP contribution in [0.1, 0.15) is 30.2 Å². The zero-order valence-electron chi connectivity index (χ0n) is 15.7. The number of benzene rings is 2. The Bertz CT molecular complexity index is 851.